The van der Waals surface area contributed by atoms with Gasteiger partial charge in [-0.1, -0.05) is 101 Å². The number of hydrogen-bond donors (Lipinski definition) is 7. The van der Waals surface area contributed by atoms with E-state index in [0.717, 1.165) is 64.4 Å². The number of nitrogens with one attached hydrogen (secondary N) is 2. The fraction of sp³-hybridized carbons (Fsp3) is 0.500. The second kappa shape index (κ2) is 17.1. The number of carbonyl (C=O) groups is 1. The van der Waals surface area contributed by atoms with Crippen LogP contribution in [0.2, 0.25) is 0 Å². The number of phenols is 1. The van der Waals surface area contributed by atoms with Gasteiger partial charge in [-0.2, -0.15) is 0 Å². The lowest BCUT2D eigenvalue weighted by Gasteiger charge is -2.45. The number of nitrogens with zero attached hydrogens (tertiary/aromatic N) is 1. The largest absolute Gasteiger partial charge is 0.508 e. The van der Waals surface area contributed by atoms with Crippen molar-refractivity contribution in [2.45, 2.75) is 125 Å². The van der Waals surface area contributed by atoms with Crippen LogP contribution in [0.3, 0.4) is 0 Å². The molecule has 0 saturated heterocycles. The number of H-pyrrole nitrogens is 1. The first kappa shape index (κ1) is 43.7. The van der Waals surface area contributed by atoms with Crippen LogP contribution in [0.4, 0.5) is 0 Å². The summed E-state index contributed by atoms with van der Waals surface area (Å²) in [6, 6.07) is 5.64. The molecule has 10 atom stereocenters. The van der Waals surface area contributed by atoms with Crippen LogP contribution < -0.4 is 20.5 Å². The van der Waals surface area contributed by atoms with Crippen LogP contribution in [0.15, 0.2) is 61.1 Å². The average molecular weight is 939 g/mol. The molecule has 0 unspecified atom stereocenters. The summed E-state index contributed by atoms with van der Waals surface area (Å²) in [5.41, 5.74) is 13.0. The number of aliphatic hydroxyl groups is 3. The molecule has 67 heavy (non-hydrogen) atoms. The van der Waals surface area contributed by atoms with E-state index < -0.39 is 47.2 Å². The zero-order valence-electron chi connectivity index (χ0n) is 37.5. The zero-order chi connectivity index (χ0) is 45.6. The number of ketones is 1. The first-order chi connectivity index (χ1) is 32.6. The summed E-state index contributed by atoms with van der Waals surface area (Å²) in [5.74, 6) is 11.9. The maximum Gasteiger partial charge on any atom is 0.191 e. The first-order valence-electron chi connectivity index (χ1n) is 24.4. The summed E-state index contributed by atoms with van der Waals surface area (Å²) in [7, 11) is 3.37. The van der Waals surface area contributed by atoms with E-state index in [1.54, 1.807) is 27.7 Å². The molecule has 9 aliphatic rings. The molecule has 11 nitrogen and oxygen atoms in total. The van der Waals surface area contributed by atoms with Crippen molar-refractivity contribution in [2.75, 3.05) is 12.3 Å². The molecule has 2 saturated carbocycles. The highest BCUT2D eigenvalue weighted by atomic mass is 33.1. The molecule has 348 valence electrons. The van der Waals surface area contributed by atoms with Gasteiger partial charge in [-0.3, -0.25) is 10.1 Å². The average Bonchev–Trinajstić information content (AvgIpc) is 4.16. The minimum atomic E-state index is -1.11. The molecule has 7 heterocycles. The van der Waals surface area contributed by atoms with Crippen LogP contribution >= 0.6 is 21.6 Å². The number of aliphatic hydroxyl groups excluding tert-OH is 3. The van der Waals surface area contributed by atoms with Crippen molar-refractivity contribution in [3.05, 3.63) is 100 Å². The van der Waals surface area contributed by atoms with Crippen molar-refractivity contribution in [1.29, 1.82) is 0 Å². The standard InChI is InChI=1S/C54H58N4O7S2/c55-51-37-12-11-36-43(60)14-13-41-52-58-25-39-38(24-56-42(39)26-58)34-15-18-54(28-57-51,49(37)48(34)36)29-67-66-27-40-33(46(63)23-47(50(40)65-52)64-20-19-53(41)16-3-4-17-53)10-8-32(59)22-45(62)35-9-7-31(21-44(35)61)30-5-1-2-6-30/h7,9,11-12,15,18,23-26,30-31,34-35,41,43-45,51-52,56-57,60-63H,1-6,8,10,16-17,21-22,27-29,55H2/t31-,34-,35-,41-,43+,44-,45+,51+,52+,54+/m1/s1. The van der Waals surface area contributed by atoms with Crippen LogP contribution in [-0.2, 0) is 22.4 Å². The van der Waals surface area contributed by atoms with Crippen molar-refractivity contribution in [1.82, 2.24) is 14.9 Å². The third-order valence-corrected chi connectivity index (χ3v) is 19.2. The zero-order valence-corrected chi connectivity index (χ0v) is 39.1. The first-order valence-corrected chi connectivity index (χ1v) is 26.9. The summed E-state index contributed by atoms with van der Waals surface area (Å²) in [6.07, 6.45) is 23.2. The number of aromatic amines is 1. The second-order valence-electron chi connectivity index (χ2n) is 20.5. The SMILES string of the molecule is N[C@H]1NC[C@]23C=C[C@H]4c5c(ccc1c52)[C@@H](O)C#C[C@@H]1[C@H](Oc2c(cc(O)c(CCC(=O)C[C@H](O)[C@@H]5C=C[C@@H](C6CCCC6)C[C@H]5O)c2CSSC3)OC#CC12CCCC2)n1cc2[nH]cc4c2c1. The van der Waals surface area contributed by atoms with Gasteiger partial charge in [0.05, 0.1) is 35.2 Å². The molecule has 4 aromatic rings. The number of fused-ring (bicyclic) bond motifs is 4. The number of rotatable bonds is 7. The lowest BCUT2D eigenvalue weighted by Crippen LogP contribution is -2.50. The number of hydrogen-bond acceptors (Lipinski definition) is 11. The van der Waals surface area contributed by atoms with E-state index in [2.05, 4.69) is 81.6 Å². The Morgan fingerprint density at radius 1 is 1.03 bits per heavy atom. The number of Topliss-reactive ketones (excluding diaryl/α,β-unsaturated/α-hetero) is 1. The second-order valence-corrected chi connectivity index (χ2v) is 23.0. The topological polar surface area (TPSA) is 175 Å². The molecular weight excluding hydrogens is 881 g/mol. The molecule has 2 aromatic heterocycles. The highest BCUT2D eigenvalue weighted by Gasteiger charge is 2.49. The van der Waals surface area contributed by atoms with Crippen LogP contribution in [0.5, 0.6) is 17.2 Å². The van der Waals surface area contributed by atoms with E-state index in [0.29, 0.717) is 53.2 Å². The predicted molar refractivity (Wildman–Crippen MR) is 260 cm³/mol. The Kier molecular flexibility index (Phi) is 11.2. The lowest BCUT2D eigenvalue weighted by molar-refractivity contribution is -0.122. The summed E-state index contributed by atoms with van der Waals surface area (Å²) in [6.45, 7) is 0.602. The van der Waals surface area contributed by atoms with Crippen LogP contribution in [0.25, 0.3) is 10.9 Å². The van der Waals surface area contributed by atoms with Gasteiger partial charge in [-0.05, 0) is 78.2 Å². The van der Waals surface area contributed by atoms with Crippen molar-refractivity contribution in [2.24, 2.45) is 34.8 Å². The van der Waals surface area contributed by atoms with Gasteiger partial charge in [0.15, 0.2) is 17.7 Å². The summed E-state index contributed by atoms with van der Waals surface area (Å²) >= 11 is 0. The molecule has 2 spiro atoms. The fourth-order valence-electron chi connectivity index (χ4n) is 13.2. The van der Waals surface area contributed by atoms with E-state index in [1.807, 2.05) is 12.1 Å². The maximum atomic E-state index is 13.9. The third kappa shape index (κ3) is 7.38. The summed E-state index contributed by atoms with van der Waals surface area (Å²) in [5, 5.41) is 51.6. The van der Waals surface area contributed by atoms with Crippen molar-refractivity contribution >= 4 is 38.3 Å². The lowest BCUT2D eigenvalue weighted by atomic mass is 9.65. The Hall–Kier alpha value is -4.57. The number of phenolic OH excluding ortho intramolecular Hbond substituents is 1. The third-order valence-electron chi connectivity index (χ3n) is 16.7. The molecule has 0 radical (unpaired) electrons. The number of carbonyl (C=O) groups excluding carboxylic acids is 1. The van der Waals surface area contributed by atoms with Gasteiger partial charge in [-0.25, -0.2) is 0 Å². The number of allylic oxidation sites excluding steroid dienone is 2. The molecule has 13 rings (SSSR count). The predicted octanol–water partition coefficient (Wildman–Crippen LogP) is 8.22. The number of aromatic hydroxyl groups is 1. The fourth-order valence-corrected chi connectivity index (χ4v) is 15.8. The molecule has 10 bridgehead atoms. The van der Waals surface area contributed by atoms with Gasteiger partial charge in [-0.15, -0.1) is 0 Å². The van der Waals surface area contributed by atoms with E-state index in [9.17, 15) is 25.2 Å². The van der Waals surface area contributed by atoms with Crippen molar-refractivity contribution in [3.8, 4) is 41.1 Å². The van der Waals surface area contributed by atoms with E-state index >= 15 is 0 Å². The van der Waals surface area contributed by atoms with Gasteiger partial charge in [0.2, 0.25) is 0 Å². The number of aromatic nitrogens is 2. The van der Waals surface area contributed by atoms with E-state index in [1.165, 1.54) is 25.7 Å². The van der Waals surface area contributed by atoms with Gasteiger partial charge in [0.1, 0.15) is 23.7 Å². The van der Waals surface area contributed by atoms with Gasteiger partial charge in [0, 0.05) is 89.3 Å². The molecule has 5 aliphatic heterocycles. The smallest absolute Gasteiger partial charge is 0.191 e. The highest BCUT2D eigenvalue weighted by Crippen LogP contribution is 2.55. The van der Waals surface area contributed by atoms with Crippen LogP contribution in [0.1, 0.15) is 134 Å². The molecule has 4 aliphatic carbocycles. The van der Waals surface area contributed by atoms with Crippen LogP contribution in [0, 0.1) is 53.0 Å². The highest BCUT2D eigenvalue weighted by molar-refractivity contribution is 8.76. The van der Waals surface area contributed by atoms with E-state index in [4.69, 9.17) is 15.2 Å². The Morgan fingerprint density at radius 3 is 2.70 bits per heavy atom. The summed E-state index contributed by atoms with van der Waals surface area (Å²) in [4.78, 5) is 17.4. The Bertz CT molecular complexity index is 2830. The van der Waals surface area contributed by atoms with Crippen LogP contribution in [-0.4, -0.2) is 60.3 Å². The van der Waals surface area contributed by atoms with Crippen molar-refractivity contribution < 1.29 is 34.7 Å². The molecule has 8 N–H and O–H groups in total. The minimum absolute atomic E-state index is 0.0216. The number of ether oxygens (including phenoxy) is 2. The number of nitrogens with two attached hydrogens (primary N) is 1. The van der Waals surface area contributed by atoms with E-state index in [-0.39, 0.29) is 48.6 Å². The number of benzene rings is 2. The van der Waals surface area contributed by atoms with Crippen molar-refractivity contribution in [3.63, 3.8) is 0 Å². The van der Waals surface area contributed by atoms with Gasteiger partial charge < -0.3 is 45.2 Å². The quantitative estimate of drug-likeness (QED) is 0.0541. The summed E-state index contributed by atoms with van der Waals surface area (Å²) < 4.78 is 15.9. The molecule has 2 fully saturated rings. The Labute approximate surface area is 399 Å². The molecule has 2 aromatic carbocycles. The molecule has 0 amide bonds. The molecular formula is C54H58N4O7S2. The normalized spacial score (nSPS) is 31.5. The molecule has 13 heteroatoms. The minimum Gasteiger partial charge on any atom is -0.508 e. The van der Waals surface area contributed by atoms with Gasteiger partial charge in [0.25, 0.3) is 0 Å². The maximum absolute atomic E-state index is 13.9. The van der Waals surface area contributed by atoms with Gasteiger partial charge >= 0.3 is 0 Å². The Morgan fingerprint density at radius 2 is 1.87 bits per heavy atom. The Balaban J connectivity index is 0.968. The monoisotopic (exact) mass is 938 g/mol.